The minimum Gasteiger partial charge on any atom is -0.478 e. The fraction of sp³-hybridized carbons (Fsp3) is 0.417. The number of ether oxygens (including phenoxy) is 1. The molecule has 0 aromatic carbocycles. The number of hydrogen-bond acceptors (Lipinski definition) is 5. The molecule has 7 nitrogen and oxygen atoms in total. The molecule has 1 heterocycles. The van der Waals surface area contributed by atoms with Crippen LogP contribution in [0.15, 0.2) is 16.7 Å². The van der Waals surface area contributed by atoms with E-state index >= 15 is 0 Å². The van der Waals surface area contributed by atoms with Gasteiger partial charge >= 0.3 is 11.9 Å². The van der Waals surface area contributed by atoms with E-state index in [1.165, 1.54) is 12.3 Å². The fourth-order valence-corrected chi connectivity index (χ4v) is 1.41. The van der Waals surface area contributed by atoms with Gasteiger partial charge < -0.3 is 19.6 Å². The number of esters is 1. The maximum absolute atomic E-state index is 11.5. The lowest BCUT2D eigenvalue weighted by Crippen LogP contribution is -2.28. The van der Waals surface area contributed by atoms with Gasteiger partial charge in [-0.25, -0.2) is 4.79 Å². The van der Waals surface area contributed by atoms with Gasteiger partial charge in [0.2, 0.25) is 5.91 Å². The van der Waals surface area contributed by atoms with Gasteiger partial charge in [0.05, 0.1) is 25.7 Å². The zero-order valence-corrected chi connectivity index (χ0v) is 10.5. The van der Waals surface area contributed by atoms with Crippen LogP contribution in [0.3, 0.4) is 0 Å². The number of aromatic carboxylic acids is 1. The van der Waals surface area contributed by atoms with Crippen molar-refractivity contribution in [3.8, 4) is 0 Å². The topological polar surface area (TPSA) is 106 Å². The van der Waals surface area contributed by atoms with Crippen molar-refractivity contribution in [3.05, 3.63) is 23.7 Å². The van der Waals surface area contributed by atoms with Gasteiger partial charge in [-0.2, -0.15) is 0 Å². The second-order valence-corrected chi connectivity index (χ2v) is 3.64. The first-order chi connectivity index (χ1) is 9.04. The summed E-state index contributed by atoms with van der Waals surface area (Å²) in [5, 5.41) is 11.3. The molecule has 1 rings (SSSR count). The molecule has 19 heavy (non-hydrogen) atoms. The third-order valence-electron chi connectivity index (χ3n) is 2.25. The Labute approximate surface area is 109 Å². The van der Waals surface area contributed by atoms with Crippen LogP contribution in [0.25, 0.3) is 0 Å². The summed E-state index contributed by atoms with van der Waals surface area (Å²) in [4.78, 5) is 33.3. The Morgan fingerprint density at radius 1 is 1.42 bits per heavy atom. The predicted octanol–water partition coefficient (Wildman–Crippen LogP) is 0.590. The molecule has 2 N–H and O–H groups in total. The quantitative estimate of drug-likeness (QED) is 0.702. The number of rotatable bonds is 7. The summed E-state index contributed by atoms with van der Waals surface area (Å²) in [6.07, 6.45) is 1.10. The van der Waals surface area contributed by atoms with Crippen molar-refractivity contribution in [1.82, 2.24) is 5.32 Å². The van der Waals surface area contributed by atoms with Crippen molar-refractivity contribution in [3.63, 3.8) is 0 Å². The van der Waals surface area contributed by atoms with Crippen LogP contribution in [0.1, 0.15) is 29.5 Å². The molecule has 0 saturated heterocycles. The van der Waals surface area contributed by atoms with Crippen molar-refractivity contribution in [2.24, 2.45) is 0 Å². The highest BCUT2D eigenvalue weighted by Gasteiger charge is 2.16. The van der Waals surface area contributed by atoms with E-state index in [2.05, 4.69) is 5.32 Å². The molecule has 1 aromatic rings. The highest BCUT2D eigenvalue weighted by molar-refractivity contribution is 5.90. The fourth-order valence-electron chi connectivity index (χ4n) is 1.41. The summed E-state index contributed by atoms with van der Waals surface area (Å²) in [7, 11) is 0. The van der Waals surface area contributed by atoms with Crippen LogP contribution in [0, 0.1) is 0 Å². The van der Waals surface area contributed by atoms with E-state index < -0.39 is 17.8 Å². The molecule has 0 fully saturated rings. The van der Waals surface area contributed by atoms with Gasteiger partial charge in [0.25, 0.3) is 0 Å². The Morgan fingerprint density at radius 2 is 2.16 bits per heavy atom. The van der Waals surface area contributed by atoms with Crippen LogP contribution in [0.5, 0.6) is 0 Å². The van der Waals surface area contributed by atoms with Crippen LogP contribution in [0.2, 0.25) is 0 Å². The van der Waals surface area contributed by atoms with Gasteiger partial charge in [-0.1, -0.05) is 0 Å². The summed E-state index contributed by atoms with van der Waals surface area (Å²) in [5.41, 5.74) is -0.0412. The maximum Gasteiger partial charge on any atom is 0.339 e. The molecule has 104 valence electrons. The molecule has 0 saturated carbocycles. The molecular weight excluding hydrogens is 254 g/mol. The lowest BCUT2D eigenvalue weighted by molar-refractivity contribution is -0.143. The molecule has 7 heteroatoms. The summed E-state index contributed by atoms with van der Waals surface area (Å²) in [6, 6.07) is 1.28. The molecule has 0 atom stereocenters. The first-order valence-electron chi connectivity index (χ1n) is 5.76. The standard InChI is InChI=1S/C12H15NO6/c1-2-18-11(15)3-5-13-10(14)7-9-8(12(16)17)4-6-19-9/h4,6H,2-3,5,7H2,1H3,(H,13,14)(H,16,17). The average molecular weight is 269 g/mol. The number of amides is 1. The number of furan rings is 1. The highest BCUT2D eigenvalue weighted by atomic mass is 16.5. The third-order valence-corrected chi connectivity index (χ3v) is 2.25. The Balaban J connectivity index is 2.37. The molecule has 0 radical (unpaired) electrons. The SMILES string of the molecule is CCOC(=O)CCNC(=O)Cc1occc1C(=O)O. The normalized spacial score (nSPS) is 9.95. The zero-order valence-electron chi connectivity index (χ0n) is 10.5. The molecular formula is C12H15NO6. The smallest absolute Gasteiger partial charge is 0.339 e. The van der Waals surface area contributed by atoms with Crippen molar-refractivity contribution in [2.45, 2.75) is 19.8 Å². The van der Waals surface area contributed by atoms with E-state index in [0.29, 0.717) is 6.61 Å². The number of nitrogens with one attached hydrogen (secondary N) is 1. The van der Waals surface area contributed by atoms with Crippen molar-refractivity contribution in [1.29, 1.82) is 0 Å². The van der Waals surface area contributed by atoms with Crippen LogP contribution in [-0.4, -0.2) is 36.1 Å². The number of carboxylic acid groups (broad SMARTS) is 1. The molecule has 0 spiro atoms. The summed E-state index contributed by atoms with van der Waals surface area (Å²) in [5.74, 6) is -1.88. The first-order valence-corrected chi connectivity index (χ1v) is 5.76. The zero-order chi connectivity index (χ0) is 14.3. The van der Waals surface area contributed by atoms with E-state index in [-0.39, 0.29) is 30.7 Å². The van der Waals surface area contributed by atoms with Crippen molar-refractivity contribution in [2.75, 3.05) is 13.2 Å². The van der Waals surface area contributed by atoms with E-state index in [1.807, 2.05) is 0 Å². The highest BCUT2D eigenvalue weighted by Crippen LogP contribution is 2.11. The number of carboxylic acids is 1. The van der Waals surface area contributed by atoms with Gasteiger partial charge in [-0.3, -0.25) is 9.59 Å². The molecule has 0 aliphatic heterocycles. The Hall–Kier alpha value is -2.31. The van der Waals surface area contributed by atoms with E-state index in [0.717, 1.165) is 0 Å². The third kappa shape index (κ3) is 4.82. The molecule has 0 unspecified atom stereocenters. The summed E-state index contributed by atoms with van der Waals surface area (Å²) >= 11 is 0. The Morgan fingerprint density at radius 3 is 2.79 bits per heavy atom. The molecule has 0 aliphatic carbocycles. The average Bonchev–Trinajstić information content (AvgIpc) is 2.77. The van der Waals surface area contributed by atoms with Crippen molar-refractivity contribution < 1.29 is 28.6 Å². The summed E-state index contributed by atoms with van der Waals surface area (Å²) < 4.78 is 9.62. The summed E-state index contributed by atoms with van der Waals surface area (Å²) in [6.45, 7) is 2.13. The molecule has 1 aromatic heterocycles. The van der Waals surface area contributed by atoms with Gasteiger partial charge in [0, 0.05) is 6.54 Å². The number of carbonyl (C=O) groups excluding carboxylic acids is 2. The maximum atomic E-state index is 11.5. The van der Waals surface area contributed by atoms with E-state index in [1.54, 1.807) is 6.92 Å². The first kappa shape index (κ1) is 14.7. The second-order valence-electron chi connectivity index (χ2n) is 3.64. The minimum atomic E-state index is -1.15. The predicted molar refractivity (Wildman–Crippen MR) is 63.6 cm³/mol. The molecule has 0 bridgehead atoms. The van der Waals surface area contributed by atoms with Gasteiger partial charge in [-0.05, 0) is 13.0 Å². The Bertz CT molecular complexity index is 465. The monoisotopic (exact) mass is 269 g/mol. The van der Waals surface area contributed by atoms with Crippen LogP contribution < -0.4 is 5.32 Å². The molecule has 0 aliphatic rings. The lowest BCUT2D eigenvalue weighted by Gasteiger charge is -2.04. The van der Waals surface area contributed by atoms with Gasteiger partial charge in [0.15, 0.2) is 0 Å². The number of hydrogen-bond donors (Lipinski definition) is 2. The van der Waals surface area contributed by atoms with Crippen molar-refractivity contribution >= 4 is 17.8 Å². The number of carbonyl (C=O) groups is 3. The Kier molecular flexibility index (Phi) is 5.59. The second kappa shape index (κ2) is 7.20. The minimum absolute atomic E-state index is 0.0412. The van der Waals surface area contributed by atoms with E-state index in [9.17, 15) is 14.4 Å². The van der Waals surface area contributed by atoms with E-state index in [4.69, 9.17) is 14.3 Å². The van der Waals surface area contributed by atoms with Crippen LogP contribution in [0.4, 0.5) is 0 Å². The van der Waals surface area contributed by atoms with Crippen LogP contribution >= 0.6 is 0 Å². The van der Waals surface area contributed by atoms with Gasteiger partial charge in [0.1, 0.15) is 11.3 Å². The lowest BCUT2D eigenvalue weighted by atomic mass is 10.2. The van der Waals surface area contributed by atoms with Gasteiger partial charge in [-0.15, -0.1) is 0 Å². The van der Waals surface area contributed by atoms with Crippen LogP contribution in [-0.2, 0) is 20.7 Å². The molecule has 1 amide bonds. The largest absolute Gasteiger partial charge is 0.478 e.